The number of benzene rings is 1. The summed E-state index contributed by atoms with van der Waals surface area (Å²) < 4.78 is 18.6. The van der Waals surface area contributed by atoms with Crippen molar-refractivity contribution in [2.24, 2.45) is 16.7 Å². The van der Waals surface area contributed by atoms with Crippen molar-refractivity contribution in [3.63, 3.8) is 0 Å². The van der Waals surface area contributed by atoms with E-state index in [2.05, 4.69) is 25.7 Å². The van der Waals surface area contributed by atoms with E-state index in [1.165, 1.54) is 6.92 Å². The highest BCUT2D eigenvalue weighted by atomic mass is 16.6. The van der Waals surface area contributed by atoms with Crippen LogP contribution in [0.25, 0.3) is 0 Å². The number of carbonyl (C=O) groups excluding carboxylic acids is 2. The van der Waals surface area contributed by atoms with Gasteiger partial charge in [-0.1, -0.05) is 57.2 Å². The second-order valence-electron chi connectivity index (χ2n) is 13.4. The lowest BCUT2D eigenvalue weighted by atomic mass is 9.40. The number of carbonyl (C=O) groups is 2. The van der Waals surface area contributed by atoms with Gasteiger partial charge in [0, 0.05) is 24.8 Å². The number of nitrogens with one attached hydrogen (secondary N) is 1. The fourth-order valence-electron chi connectivity index (χ4n) is 8.08. The monoisotopic (exact) mass is 557 g/mol. The standard InChI is InChI=1S/C32H47NO7/c1-9-29(6)17-18-32(37)30(7)23(39-27(36)20(2)33-19-22-13-11-10-12-14-22)15-16-28(4,5)25(30)24(35)26(38-21(3)34)31(32,8)40-29/h9-14,20,23-26,33,35,37H,1,15-19H2,2-8H3/t20?,23-,24-,25-,26-,29-,30-,31+,32-/m0/s1. The molecule has 9 atom stereocenters. The molecule has 1 aliphatic heterocycles. The van der Waals surface area contributed by atoms with Crippen molar-refractivity contribution in [2.75, 3.05) is 0 Å². The van der Waals surface area contributed by atoms with Gasteiger partial charge in [-0.3, -0.25) is 9.59 Å². The van der Waals surface area contributed by atoms with Crippen LogP contribution in [0.4, 0.5) is 0 Å². The van der Waals surface area contributed by atoms with E-state index in [1.807, 2.05) is 44.2 Å². The Morgan fingerprint density at radius 2 is 1.77 bits per heavy atom. The van der Waals surface area contributed by atoms with Gasteiger partial charge in [-0.25, -0.2) is 0 Å². The number of fused-ring (bicyclic) bond motifs is 3. The summed E-state index contributed by atoms with van der Waals surface area (Å²) in [4.78, 5) is 25.7. The average molecular weight is 558 g/mol. The molecule has 8 nitrogen and oxygen atoms in total. The van der Waals surface area contributed by atoms with Crippen LogP contribution >= 0.6 is 0 Å². The van der Waals surface area contributed by atoms with Crippen molar-refractivity contribution >= 4 is 11.9 Å². The Bertz CT molecular complexity index is 1120. The highest BCUT2D eigenvalue weighted by Crippen LogP contribution is 2.68. The highest BCUT2D eigenvalue weighted by Gasteiger charge is 2.79. The van der Waals surface area contributed by atoms with Crippen LogP contribution in [0, 0.1) is 16.7 Å². The fraction of sp³-hybridized carbons (Fsp3) is 0.688. The van der Waals surface area contributed by atoms with E-state index >= 15 is 0 Å². The van der Waals surface area contributed by atoms with E-state index in [1.54, 1.807) is 19.9 Å². The fourth-order valence-corrected chi connectivity index (χ4v) is 8.08. The van der Waals surface area contributed by atoms with Crippen LogP contribution in [-0.4, -0.2) is 63.3 Å². The first kappa shape index (κ1) is 30.7. The van der Waals surface area contributed by atoms with Crippen molar-refractivity contribution < 1.29 is 34.0 Å². The minimum Gasteiger partial charge on any atom is -0.461 e. The van der Waals surface area contributed by atoms with Crippen molar-refractivity contribution in [3.8, 4) is 0 Å². The summed E-state index contributed by atoms with van der Waals surface area (Å²) in [6, 6.07) is 9.22. The lowest BCUT2D eigenvalue weighted by Crippen LogP contribution is -2.84. The molecule has 1 aromatic rings. The summed E-state index contributed by atoms with van der Waals surface area (Å²) in [6.45, 7) is 17.1. The SMILES string of the molecule is C=C[C@@]1(C)CC[C@]2(O)[C@@]3(C)[C@@H](OC(=O)C(C)NCc4ccccc4)CCC(C)(C)[C@@H]3[C@H](O)[C@H](OC(C)=O)[C@@]2(C)O1. The zero-order valence-electron chi connectivity index (χ0n) is 25.0. The Morgan fingerprint density at radius 3 is 2.38 bits per heavy atom. The molecule has 0 aromatic heterocycles. The second-order valence-corrected chi connectivity index (χ2v) is 13.4. The summed E-state index contributed by atoms with van der Waals surface area (Å²) in [5, 5.41) is 28.1. The molecule has 1 unspecified atom stereocenters. The number of aliphatic hydroxyl groups excluding tert-OH is 1. The predicted molar refractivity (Wildman–Crippen MR) is 151 cm³/mol. The van der Waals surface area contributed by atoms with E-state index in [0.29, 0.717) is 25.8 Å². The summed E-state index contributed by atoms with van der Waals surface area (Å²) in [5.41, 5.74) is -4.43. The van der Waals surface area contributed by atoms with Crippen LogP contribution in [0.3, 0.4) is 0 Å². The van der Waals surface area contributed by atoms with Gasteiger partial charge in [-0.05, 0) is 57.4 Å². The maximum atomic E-state index is 13.5. The van der Waals surface area contributed by atoms with Gasteiger partial charge in [0.15, 0.2) is 6.10 Å². The molecule has 1 saturated heterocycles. The van der Waals surface area contributed by atoms with Crippen LogP contribution in [0.5, 0.6) is 0 Å². The van der Waals surface area contributed by atoms with Crippen molar-refractivity contribution in [1.82, 2.24) is 5.32 Å². The van der Waals surface area contributed by atoms with Gasteiger partial charge in [0.1, 0.15) is 23.3 Å². The molecule has 2 aliphatic carbocycles. The Kier molecular flexibility index (Phi) is 8.08. The molecule has 8 heteroatoms. The predicted octanol–water partition coefficient (Wildman–Crippen LogP) is 4.07. The summed E-state index contributed by atoms with van der Waals surface area (Å²) in [6.07, 6.45) is 0.598. The molecule has 3 N–H and O–H groups in total. The summed E-state index contributed by atoms with van der Waals surface area (Å²) in [7, 11) is 0. The third-order valence-corrected chi connectivity index (χ3v) is 10.3. The smallest absolute Gasteiger partial charge is 0.323 e. The maximum absolute atomic E-state index is 13.5. The third kappa shape index (κ3) is 4.81. The number of ether oxygens (including phenoxy) is 3. The minimum atomic E-state index is -1.60. The molecule has 2 saturated carbocycles. The Labute approximate surface area is 238 Å². The molecular formula is C32H47NO7. The maximum Gasteiger partial charge on any atom is 0.323 e. The second kappa shape index (κ2) is 10.5. The minimum absolute atomic E-state index is 0.287. The Balaban J connectivity index is 1.72. The molecule has 0 bridgehead atoms. The molecule has 4 rings (SSSR count). The van der Waals surface area contributed by atoms with E-state index in [4.69, 9.17) is 14.2 Å². The summed E-state index contributed by atoms with van der Waals surface area (Å²) in [5.74, 6) is -1.55. The van der Waals surface area contributed by atoms with Gasteiger partial charge in [-0.2, -0.15) is 0 Å². The number of hydrogen-bond acceptors (Lipinski definition) is 8. The Hall–Kier alpha value is -2.26. The number of rotatable bonds is 7. The zero-order chi connectivity index (χ0) is 29.7. The van der Waals surface area contributed by atoms with E-state index in [9.17, 15) is 19.8 Å². The average Bonchev–Trinajstić information content (AvgIpc) is 2.89. The van der Waals surface area contributed by atoms with E-state index < -0.39 is 69.8 Å². The molecule has 1 aromatic carbocycles. The molecule has 222 valence electrons. The first-order valence-corrected chi connectivity index (χ1v) is 14.4. The number of hydrogen-bond donors (Lipinski definition) is 3. The third-order valence-electron chi connectivity index (χ3n) is 10.3. The molecule has 1 heterocycles. The van der Waals surface area contributed by atoms with Crippen LogP contribution in [0.2, 0.25) is 0 Å². The molecule has 40 heavy (non-hydrogen) atoms. The molecular weight excluding hydrogens is 510 g/mol. The first-order valence-electron chi connectivity index (χ1n) is 14.4. The lowest BCUT2D eigenvalue weighted by Gasteiger charge is -2.72. The highest BCUT2D eigenvalue weighted by molar-refractivity contribution is 5.75. The van der Waals surface area contributed by atoms with Gasteiger partial charge < -0.3 is 29.7 Å². The van der Waals surface area contributed by atoms with Crippen LogP contribution in [0.15, 0.2) is 43.0 Å². The van der Waals surface area contributed by atoms with Crippen LogP contribution < -0.4 is 5.32 Å². The molecule has 3 fully saturated rings. The summed E-state index contributed by atoms with van der Waals surface area (Å²) >= 11 is 0. The van der Waals surface area contributed by atoms with Gasteiger partial charge in [0.25, 0.3) is 0 Å². The van der Waals surface area contributed by atoms with Gasteiger partial charge in [0.05, 0.1) is 11.7 Å². The van der Waals surface area contributed by atoms with E-state index in [0.717, 1.165) is 5.56 Å². The van der Waals surface area contributed by atoms with Gasteiger partial charge >= 0.3 is 11.9 Å². The van der Waals surface area contributed by atoms with Crippen molar-refractivity contribution in [2.45, 2.75) is 122 Å². The van der Waals surface area contributed by atoms with E-state index in [-0.39, 0.29) is 6.42 Å². The Morgan fingerprint density at radius 1 is 1.12 bits per heavy atom. The largest absolute Gasteiger partial charge is 0.461 e. The van der Waals surface area contributed by atoms with Crippen molar-refractivity contribution in [3.05, 3.63) is 48.6 Å². The molecule has 0 spiro atoms. The normalized spacial score (nSPS) is 41.1. The molecule has 0 amide bonds. The quantitative estimate of drug-likeness (QED) is 0.340. The van der Waals surface area contributed by atoms with Gasteiger partial charge in [-0.15, -0.1) is 6.58 Å². The topological polar surface area (TPSA) is 114 Å². The van der Waals surface area contributed by atoms with Crippen LogP contribution in [-0.2, 0) is 30.3 Å². The zero-order valence-corrected chi connectivity index (χ0v) is 25.0. The van der Waals surface area contributed by atoms with Crippen LogP contribution in [0.1, 0.15) is 79.7 Å². The van der Waals surface area contributed by atoms with Crippen molar-refractivity contribution in [1.29, 1.82) is 0 Å². The number of esters is 2. The first-order chi connectivity index (χ1) is 18.5. The van der Waals surface area contributed by atoms with Gasteiger partial charge in [0.2, 0.25) is 0 Å². The molecule has 3 aliphatic rings. The number of aliphatic hydroxyl groups is 2. The molecule has 0 radical (unpaired) electrons. The lowest BCUT2D eigenvalue weighted by molar-refractivity contribution is -0.391.